The van der Waals surface area contributed by atoms with E-state index in [1.54, 1.807) is 17.0 Å². The standard InChI is InChI=1S/C16H19ClN2O4/c17-12-3-1-10(2-4-12)14-13(6-8-23-14)18-16(22)19-7-5-11(9-19)15(20)21/h1-4,11,13-14H,5-9H2,(H,18,22)(H,20,21). The summed E-state index contributed by atoms with van der Waals surface area (Å²) < 4.78 is 5.74. The lowest BCUT2D eigenvalue weighted by atomic mass is 10.0. The second-order valence-corrected chi connectivity index (χ2v) is 6.39. The van der Waals surface area contributed by atoms with E-state index in [1.165, 1.54) is 0 Å². The molecule has 2 amide bonds. The maximum atomic E-state index is 12.3. The Hall–Kier alpha value is -1.79. The van der Waals surface area contributed by atoms with Crippen LogP contribution in [0.15, 0.2) is 24.3 Å². The zero-order valence-electron chi connectivity index (χ0n) is 12.6. The molecule has 3 rings (SSSR count). The smallest absolute Gasteiger partial charge is 0.317 e. The molecular formula is C16H19ClN2O4. The molecule has 6 nitrogen and oxygen atoms in total. The van der Waals surface area contributed by atoms with Crippen molar-refractivity contribution in [2.45, 2.75) is 25.0 Å². The Kier molecular flexibility index (Phi) is 4.73. The SMILES string of the molecule is O=C(O)C1CCN(C(=O)NC2CCOC2c2ccc(Cl)cc2)C1. The van der Waals surface area contributed by atoms with E-state index in [2.05, 4.69) is 5.32 Å². The molecule has 0 spiro atoms. The van der Waals surface area contributed by atoms with Crippen molar-refractivity contribution >= 4 is 23.6 Å². The number of carbonyl (C=O) groups is 2. The van der Waals surface area contributed by atoms with Crippen molar-refractivity contribution in [3.63, 3.8) is 0 Å². The second-order valence-electron chi connectivity index (χ2n) is 5.96. The topological polar surface area (TPSA) is 78.9 Å². The minimum Gasteiger partial charge on any atom is -0.481 e. The van der Waals surface area contributed by atoms with Gasteiger partial charge in [-0.1, -0.05) is 23.7 Å². The van der Waals surface area contributed by atoms with Gasteiger partial charge in [0.2, 0.25) is 0 Å². The lowest BCUT2D eigenvalue weighted by molar-refractivity contribution is -0.141. The summed E-state index contributed by atoms with van der Waals surface area (Å²) in [5.41, 5.74) is 0.974. The molecule has 1 aromatic carbocycles. The number of nitrogens with one attached hydrogen (secondary N) is 1. The number of halogens is 1. The first-order valence-electron chi connectivity index (χ1n) is 7.70. The number of aliphatic carboxylic acids is 1. The highest BCUT2D eigenvalue weighted by Crippen LogP contribution is 2.30. The lowest BCUT2D eigenvalue weighted by Crippen LogP contribution is -2.45. The lowest BCUT2D eigenvalue weighted by Gasteiger charge is -2.24. The molecule has 7 heteroatoms. The van der Waals surface area contributed by atoms with Gasteiger partial charge in [-0.2, -0.15) is 0 Å². The third-order valence-electron chi connectivity index (χ3n) is 4.42. The summed E-state index contributed by atoms with van der Waals surface area (Å²) in [7, 11) is 0. The van der Waals surface area contributed by atoms with Crippen LogP contribution < -0.4 is 5.32 Å². The van der Waals surface area contributed by atoms with Crippen LogP contribution in [0.3, 0.4) is 0 Å². The third-order valence-corrected chi connectivity index (χ3v) is 4.68. The fourth-order valence-electron chi connectivity index (χ4n) is 3.11. The Labute approximate surface area is 139 Å². The van der Waals surface area contributed by atoms with Gasteiger partial charge in [0.25, 0.3) is 0 Å². The normalized spacial score (nSPS) is 27.2. The maximum absolute atomic E-state index is 12.3. The fourth-order valence-corrected chi connectivity index (χ4v) is 3.24. The molecule has 2 heterocycles. The monoisotopic (exact) mass is 338 g/mol. The first-order chi connectivity index (χ1) is 11.0. The molecule has 2 saturated heterocycles. The highest BCUT2D eigenvalue weighted by Gasteiger charge is 2.35. The minimum atomic E-state index is -0.844. The van der Waals surface area contributed by atoms with Gasteiger partial charge >= 0.3 is 12.0 Å². The number of carboxylic acid groups (broad SMARTS) is 1. The zero-order valence-corrected chi connectivity index (χ0v) is 13.3. The maximum Gasteiger partial charge on any atom is 0.317 e. The van der Waals surface area contributed by atoms with E-state index in [-0.39, 0.29) is 24.7 Å². The number of hydrogen-bond acceptors (Lipinski definition) is 3. The van der Waals surface area contributed by atoms with E-state index in [9.17, 15) is 9.59 Å². The van der Waals surface area contributed by atoms with Crippen molar-refractivity contribution in [2.24, 2.45) is 5.92 Å². The van der Waals surface area contributed by atoms with Gasteiger partial charge in [0.1, 0.15) is 6.10 Å². The van der Waals surface area contributed by atoms with E-state index in [0.29, 0.717) is 24.6 Å². The summed E-state index contributed by atoms with van der Waals surface area (Å²) in [6.07, 6.45) is 1.04. The van der Waals surface area contributed by atoms with Crippen LogP contribution in [0, 0.1) is 5.92 Å². The Balaban J connectivity index is 1.61. The molecule has 0 aliphatic carbocycles. The number of amides is 2. The first kappa shape index (κ1) is 16.1. The fraction of sp³-hybridized carbons (Fsp3) is 0.500. The van der Waals surface area contributed by atoms with Gasteiger partial charge in [0.05, 0.1) is 12.0 Å². The predicted molar refractivity (Wildman–Crippen MR) is 84.4 cm³/mol. The van der Waals surface area contributed by atoms with E-state index in [1.807, 2.05) is 12.1 Å². The molecule has 2 aliphatic rings. The van der Waals surface area contributed by atoms with Crippen molar-refractivity contribution in [3.8, 4) is 0 Å². The van der Waals surface area contributed by atoms with Gasteiger partial charge in [-0.25, -0.2) is 4.79 Å². The average Bonchev–Trinajstić information content (AvgIpc) is 3.17. The molecule has 0 radical (unpaired) electrons. The largest absolute Gasteiger partial charge is 0.481 e. The van der Waals surface area contributed by atoms with E-state index < -0.39 is 11.9 Å². The number of nitrogens with zero attached hydrogens (tertiary/aromatic N) is 1. The molecule has 2 aliphatic heterocycles. The van der Waals surface area contributed by atoms with Crippen molar-refractivity contribution in [1.29, 1.82) is 0 Å². The van der Waals surface area contributed by atoms with Crippen LogP contribution >= 0.6 is 11.6 Å². The van der Waals surface area contributed by atoms with Gasteiger partial charge in [0.15, 0.2) is 0 Å². The van der Waals surface area contributed by atoms with Crippen LogP contribution in [0.1, 0.15) is 24.5 Å². The molecule has 3 atom stereocenters. The number of likely N-dealkylation sites (tertiary alicyclic amines) is 1. The summed E-state index contributed by atoms with van der Waals surface area (Å²) in [5.74, 6) is -1.31. The summed E-state index contributed by atoms with van der Waals surface area (Å²) in [5, 5.41) is 12.7. The second kappa shape index (κ2) is 6.76. The van der Waals surface area contributed by atoms with Crippen LogP contribution in [0.2, 0.25) is 5.02 Å². The Bertz CT molecular complexity index is 592. The molecule has 0 saturated carbocycles. The van der Waals surface area contributed by atoms with Gasteiger partial charge in [0, 0.05) is 24.7 Å². The Morgan fingerprint density at radius 2 is 2.00 bits per heavy atom. The molecule has 3 unspecified atom stereocenters. The summed E-state index contributed by atoms with van der Waals surface area (Å²) in [6.45, 7) is 1.32. The van der Waals surface area contributed by atoms with Crippen LogP contribution in [-0.2, 0) is 9.53 Å². The predicted octanol–water partition coefficient (Wildman–Crippen LogP) is 2.29. The van der Waals surface area contributed by atoms with Gasteiger partial charge in [-0.3, -0.25) is 4.79 Å². The molecule has 2 fully saturated rings. The van der Waals surface area contributed by atoms with Crippen molar-refractivity contribution in [1.82, 2.24) is 10.2 Å². The number of carboxylic acids is 1. The average molecular weight is 339 g/mol. The highest BCUT2D eigenvalue weighted by molar-refractivity contribution is 6.30. The number of rotatable bonds is 3. The summed E-state index contributed by atoms with van der Waals surface area (Å²) in [4.78, 5) is 24.9. The molecule has 0 aromatic heterocycles. The number of benzene rings is 1. The van der Waals surface area contributed by atoms with Gasteiger partial charge < -0.3 is 20.1 Å². The molecule has 124 valence electrons. The summed E-state index contributed by atoms with van der Waals surface area (Å²) >= 11 is 5.90. The van der Waals surface area contributed by atoms with Gasteiger partial charge in [-0.15, -0.1) is 0 Å². The van der Waals surface area contributed by atoms with E-state index in [4.69, 9.17) is 21.4 Å². The van der Waals surface area contributed by atoms with Crippen LogP contribution in [0.25, 0.3) is 0 Å². The zero-order chi connectivity index (χ0) is 16.4. The van der Waals surface area contributed by atoms with Crippen molar-refractivity contribution in [2.75, 3.05) is 19.7 Å². The highest BCUT2D eigenvalue weighted by atomic mass is 35.5. The summed E-state index contributed by atoms with van der Waals surface area (Å²) in [6, 6.07) is 7.06. The number of carbonyl (C=O) groups excluding carboxylic acids is 1. The number of hydrogen-bond donors (Lipinski definition) is 2. The molecule has 1 aromatic rings. The van der Waals surface area contributed by atoms with Crippen LogP contribution in [-0.4, -0.2) is 47.7 Å². The molecule has 2 N–H and O–H groups in total. The number of ether oxygens (including phenoxy) is 1. The minimum absolute atomic E-state index is 0.118. The first-order valence-corrected chi connectivity index (χ1v) is 8.07. The molecule has 23 heavy (non-hydrogen) atoms. The van der Waals surface area contributed by atoms with E-state index >= 15 is 0 Å². The van der Waals surface area contributed by atoms with Crippen LogP contribution in [0.5, 0.6) is 0 Å². The molecular weight excluding hydrogens is 320 g/mol. The van der Waals surface area contributed by atoms with Crippen LogP contribution in [0.4, 0.5) is 4.79 Å². The Morgan fingerprint density at radius 1 is 1.26 bits per heavy atom. The van der Waals surface area contributed by atoms with Crippen molar-refractivity contribution < 1.29 is 19.4 Å². The Morgan fingerprint density at radius 3 is 2.65 bits per heavy atom. The number of urea groups is 1. The van der Waals surface area contributed by atoms with E-state index in [0.717, 1.165) is 12.0 Å². The molecule has 0 bridgehead atoms. The van der Waals surface area contributed by atoms with Crippen molar-refractivity contribution in [3.05, 3.63) is 34.9 Å². The van der Waals surface area contributed by atoms with Gasteiger partial charge in [-0.05, 0) is 30.5 Å². The third kappa shape index (κ3) is 3.59. The quantitative estimate of drug-likeness (QED) is 0.886.